The number of ether oxygens (including phenoxy) is 1. The lowest BCUT2D eigenvalue weighted by molar-refractivity contribution is -0.00616. The maximum atomic E-state index is 15.2. The van der Waals surface area contributed by atoms with Crippen LogP contribution in [0.4, 0.5) is 10.1 Å². The summed E-state index contributed by atoms with van der Waals surface area (Å²) in [5.41, 5.74) is 6.78. The van der Waals surface area contributed by atoms with Gasteiger partial charge in [0.1, 0.15) is 23.0 Å². The summed E-state index contributed by atoms with van der Waals surface area (Å²) in [6.45, 7) is 6.11. The molecule has 0 aliphatic heterocycles. The lowest BCUT2D eigenvalue weighted by Crippen LogP contribution is -2.48. The maximum absolute atomic E-state index is 15.2. The van der Waals surface area contributed by atoms with E-state index in [9.17, 15) is 5.11 Å². The molecule has 7 rings (SSSR count). The van der Waals surface area contributed by atoms with Crippen molar-refractivity contribution in [3.63, 3.8) is 0 Å². The number of rotatable bonds is 5. The minimum Gasteiger partial charge on any atom is -0.507 e. The zero-order valence-corrected chi connectivity index (χ0v) is 22.3. The van der Waals surface area contributed by atoms with Crippen LogP contribution in [0.1, 0.15) is 66.3 Å². The van der Waals surface area contributed by atoms with E-state index in [0.29, 0.717) is 22.6 Å². The Kier molecular flexibility index (Phi) is 5.89. The highest BCUT2D eigenvalue weighted by Gasteiger charge is 2.52. The summed E-state index contributed by atoms with van der Waals surface area (Å²) in [6.07, 6.45) is 9.25. The van der Waals surface area contributed by atoms with Crippen molar-refractivity contribution in [1.82, 2.24) is 0 Å². The first-order valence-corrected chi connectivity index (χ1v) is 13.6. The summed E-state index contributed by atoms with van der Waals surface area (Å²) in [7, 11) is 1.64. The number of para-hydroxylation sites is 1. The van der Waals surface area contributed by atoms with E-state index in [-0.39, 0.29) is 11.1 Å². The van der Waals surface area contributed by atoms with Crippen molar-refractivity contribution in [3.8, 4) is 22.6 Å². The molecule has 4 aliphatic carbocycles. The molecule has 0 aromatic heterocycles. The molecule has 3 aromatic carbocycles. The first kappa shape index (κ1) is 24.2. The second-order valence-corrected chi connectivity index (χ2v) is 12.0. The van der Waals surface area contributed by atoms with Crippen LogP contribution in [0.5, 0.6) is 11.5 Å². The molecule has 4 fully saturated rings. The number of aromatic hydroxyl groups is 1. The van der Waals surface area contributed by atoms with Gasteiger partial charge in [0.15, 0.2) is 0 Å². The van der Waals surface area contributed by atoms with Crippen molar-refractivity contribution in [2.75, 3.05) is 7.11 Å². The Balaban J connectivity index is 1.43. The fourth-order valence-electron chi connectivity index (χ4n) is 8.17. The predicted octanol–water partition coefficient (Wildman–Crippen LogP) is 8.35. The molecule has 3 nitrogen and oxygen atoms in total. The fraction of sp³-hybridized carbons (Fsp3) is 0.424. The molecule has 0 unspecified atom stereocenters. The number of phenols is 1. The second kappa shape index (κ2) is 9.01. The van der Waals surface area contributed by atoms with E-state index in [1.807, 2.05) is 32.0 Å². The molecule has 4 bridgehead atoms. The molecule has 0 atom stereocenters. The van der Waals surface area contributed by atoms with Gasteiger partial charge in [0, 0.05) is 28.5 Å². The fourth-order valence-corrected chi connectivity index (χ4v) is 8.17. The van der Waals surface area contributed by atoms with E-state index < -0.39 is 5.82 Å². The van der Waals surface area contributed by atoms with Crippen LogP contribution in [0, 0.1) is 44.3 Å². The van der Waals surface area contributed by atoms with Crippen molar-refractivity contribution in [2.24, 2.45) is 22.7 Å². The van der Waals surface area contributed by atoms with Gasteiger partial charge in [-0.25, -0.2) is 4.39 Å². The molecule has 0 radical (unpaired) electrons. The number of halogens is 1. The Hall–Kier alpha value is -3.14. The van der Waals surface area contributed by atoms with Crippen LogP contribution in [0.3, 0.4) is 0 Å². The van der Waals surface area contributed by atoms with Crippen molar-refractivity contribution in [1.29, 1.82) is 0 Å². The number of nitrogens with zero attached hydrogens (tertiary/aromatic N) is 1. The van der Waals surface area contributed by atoms with Crippen molar-refractivity contribution < 1.29 is 14.2 Å². The highest BCUT2D eigenvalue weighted by Crippen LogP contribution is 2.62. The van der Waals surface area contributed by atoms with Gasteiger partial charge in [-0.3, -0.25) is 4.99 Å². The van der Waals surface area contributed by atoms with Gasteiger partial charge in [-0.2, -0.15) is 0 Å². The van der Waals surface area contributed by atoms with Gasteiger partial charge < -0.3 is 9.84 Å². The van der Waals surface area contributed by atoms with Crippen LogP contribution in [0.25, 0.3) is 11.1 Å². The lowest BCUT2D eigenvalue weighted by Gasteiger charge is -2.57. The van der Waals surface area contributed by atoms with Gasteiger partial charge >= 0.3 is 0 Å². The number of aryl methyl sites for hydroxylation is 3. The molecule has 4 heteroatoms. The third kappa shape index (κ3) is 4.15. The number of hydrogen-bond acceptors (Lipinski definition) is 3. The maximum Gasteiger partial charge on any atom is 0.149 e. The van der Waals surface area contributed by atoms with Gasteiger partial charge in [-0.15, -0.1) is 0 Å². The molecular weight excluding hydrogens is 461 g/mol. The van der Waals surface area contributed by atoms with Crippen molar-refractivity contribution in [2.45, 2.75) is 64.7 Å². The summed E-state index contributed by atoms with van der Waals surface area (Å²) in [6, 6.07) is 13.2. The monoisotopic (exact) mass is 497 g/mol. The zero-order valence-electron chi connectivity index (χ0n) is 22.3. The average molecular weight is 498 g/mol. The highest BCUT2D eigenvalue weighted by atomic mass is 19.1. The summed E-state index contributed by atoms with van der Waals surface area (Å²) in [4.78, 5) is 4.67. The number of aliphatic imine (C=N–C) groups is 1. The van der Waals surface area contributed by atoms with Crippen molar-refractivity contribution in [3.05, 3.63) is 76.1 Å². The van der Waals surface area contributed by atoms with Crippen LogP contribution in [0.2, 0.25) is 0 Å². The second-order valence-electron chi connectivity index (χ2n) is 12.0. The van der Waals surface area contributed by atoms with E-state index in [1.165, 1.54) is 44.6 Å². The number of methoxy groups -OCH3 is 1. The van der Waals surface area contributed by atoms with E-state index >= 15 is 4.39 Å². The lowest BCUT2D eigenvalue weighted by atomic mass is 9.48. The minimum atomic E-state index is -0.399. The summed E-state index contributed by atoms with van der Waals surface area (Å²) < 4.78 is 20.9. The van der Waals surface area contributed by atoms with Crippen LogP contribution in [-0.4, -0.2) is 18.4 Å². The smallest absolute Gasteiger partial charge is 0.149 e. The van der Waals surface area contributed by atoms with E-state index in [1.54, 1.807) is 19.4 Å². The SMILES string of the molecule is COc1cc(C)cc(C)c1-c1cccc(F)c1N=Cc1cc(C)cc(C23CC4CC(CC(C4)C2)C3)c1O. The van der Waals surface area contributed by atoms with Gasteiger partial charge in [0.25, 0.3) is 0 Å². The molecule has 37 heavy (non-hydrogen) atoms. The van der Waals surface area contributed by atoms with Crippen molar-refractivity contribution >= 4 is 11.9 Å². The van der Waals surface area contributed by atoms with E-state index in [0.717, 1.165) is 45.6 Å². The average Bonchev–Trinajstić information content (AvgIpc) is 2.83. The standard InChI is InChI=1S/C33H36FNO2/c1-19-8-21(3)30(29(11-19)37-4)26-6-5-7-28(34)31(26)35-18-25-9-20(2)10-27(32(25)36)33-15-22-12-23(16-33)14-24(13-22)17-33/h5-11,18,22-24,36H,12-17H2,1-4H3. The number of hydrogen-bond donors (Lipinski definition) is 1. The van der Waals surface area contributed by atoms with Crippen LogP contribution in [0.15, 0.2) is 47.5 Å². The quantitative estimate of drug-likeness (QED) is 0.360. The Morgan fingerprint density at radius 3 is 2.24 bits per heavy atom. The number of phenolic OH excluding ortho intramolecular Hbond substituents is 1. The summed E-state index contributed by atoms with van der Waals surface area (Å²) in [5.74, 6) is 2.98. The molecular formula is C33H36FNO2. The molecule has 1 N–H and O–H groups in total. The number of benzene rings is 3. The Morgan fingerprint density at radius 2 is 1.59 bits per heavy atom. The van der Waals surface area contributed by atoms with Gasteiger partial charge in [-0.1, -0.05) is 24.3 Å². The third-order valence-electron chi connectivity index (χ3n) is 9.15. The van der Waals surface area contributed by atoms with Crippen LogP contribution >= 0.6 is 0 Å². The molecule has 0 amide bonds. The molecule has 192 valence electrons. The topological polar surface area (TPSA) is 41.8 Å². The van der Waals surface area contributed by atoms with Gasteiger partial charge in [-0.05, 0) is 117 Å². The molecule has 0 spiro atoms. The largest absolute Gasteiger partial charge is 0.507 e. The summed E-state index contributed by atoms with van der Waals surface area (Å²) in [5, 5.41) is 11.6. The van der Waals surface area contributed by atoms with Gasteiger partial charge in [0.05, 0.1) is 7.11 Å². The molecule has 4 saturated carbocycles. The first-order chi connectivity index (χ1) is 17.8. The zero-order chi connectivity index (χ0) is 25.9. The highest BCUT2D eigenvalue weighted by molar-refractivity contribution is 5.90. The minimum absolute atomic E-state index is 0.0724. The first-order valence-electron chi connectivity index (χ1n) is 13.6. The normalized spacial score (nSPS) is 26.2. The molecule has 0 heterocycles. The Labute approximate surface area is 219 Å². The van der Waals surface area contributed by atoms with Crippen LogP contribution in [-0.2, 0) is 5.41 Å². The Bertz CT molecular complexity index is 1370. The molecule has 3 aromatic rings. The third-order valence-corrected chi connectivity index (χ3v) is 9.15. The van der Waals surface area contributed by atoms with E-state index in [2.05, 4.69) is 24.0 Å². The summed E-state index contributed by atoms with van der Waals surface area (Å²) >= 11 is 0. The Morgan fingerprint density at radius 1 is 0.946 bits per heavy atom. The van der Waals surface area contributed by atoms with E-state index in [4.69, 9.17) is 4.74 Å². The molecule has 4 aliphatic rings. The predicted molar refractivity (Wildman–Crippen MR) is 148 cm³/mol. The molecule has 0 saturated heterocycles. The van der Waals surface area contributed by atoms with Gasteiger partial charge in [0.2, 0.25) is 0 Å². The van der Waals surface area contributed by atoms with Crippen LogP contribution < -0.4 is 4.74 Å².